The number of thiophene rings is 1. The number of benzene rings is 1. The highest BCUT2D eigenvalue weighted by molar-refractivity contribution is 7.99. The Balaban J connectivity index is 1.81. The zero-order chi connectivity index (χ0) is 18.2. The standard InChI is InChI=1S/C17H22FN3OS3/c1-4-21(5-2)25-17-10-15(12(3)23-17)20-16(22)11-19-24-14-8-6-13(18)7-9-14/h6-10,19H,4-5,11H2,1-3H3,(H,20,22). The number of hydrogen-bond donors (Lipinski definition) is 2. The summed E-state index contributed by atoms with van der Waals surface area (Å²) in [6.45, 7) is 8.39. The Morgan fingerprint density at radius 2 is 1.92 bits per heavy atom. The van der Waals surface area contributed by atoms with Gasteiger partial charge in [0.2, 0.25) is 5.91 Å². The van der Waals surface area contributed by atoms with Gasteiger partial charge in [-0.1, -0.05) is 13.8 Å². The van der Waals surface area contributed by atoms with E-state index in [1.165, 1.54) is 28.3 Å². The normalized spacial score (nSPS) is 11.1. The Morgan fingerprint density at radius 3 is 2.56 bits per heavy atom. The largest absolute Gasteiger partial charge is 0.324 e. The maximum absolute atomic E-state index is 12.8. The Kier molecular flexibility index (Phi) is 8.25. The summed E-state index contributed by atoms with van der Waals surface area (Å²) in [5.74, 6) is -0.372. The molecule has 1 heterocycles. The van der Waals surface area contributed by atoms with Gasteiger partial charge in [0.25, 0.3) is 0 Å². The average Bonchev–Trinajstić information content (AvgIpc) is 2.93. The number of carbonyl (C=O) groups is 1. The lowest BCUT2D eigenvalue weighted by Gasteiger charge is -2.14. The van der Waals surface area contributed by atoms with Crippen molar-refractivity contribution in [1.82, 2.24) is 9.03 Å². The summed E-state index contributed by atoms with van der Waals surface area (Å²) < 4.78 is 19.3. The molecule has 0 fully saturated rings. The lowest BCUT2D eigenvalue weighted by Crippen LogP contribution is -2.23. The van der Waals surface area contributed by atoms with Crippen molar-refractivity contribution in [1.29, 1.82) is 0 Å². The van der Waals surface area contributed by atoms with Crippen molar-refractivity contribution in [3.63, 3.8) is 0 Å². The number of aryl methyl sites for hydroxylation is 1. The molecule has 1 aromatic heterocycles. The molecule has 0 saturated heterocycles. The second-order valence-corrected chi connectivity index (χ2v) is 8.78. The van der Waals surface area contributed by atoms with E-state index >= 15 is 0 Å². The molecular weight excluding hydrogens is 377 g/mol. The molecular formula is C17H22FN3OS3. The van der Waals surface area contributed by atoms with Crippen LogP contribution in [-0.4, -0.2) is 29.8 Å². The van der Waals surface area contributed by atoms with Crippen molar-refractivity contribution in [3.8, 4) is 0 Å². The lowest BCUT2D eigenvalue weighted by molar-refractivity contribution is -0.115. The number of hydrogen-bond acceptors (Lipinski definition) is 6. The first-order chi connectivity index (χ1) is 12.0. The quantitative estimate of drug-likeness (QED) is 0.594. The minimum Gasteiger partial charge on any atom is -0.324 e. The number of amides is 1. The molecule has 2 aromatic rings. The highest BCUT2D eigenvalue weighted by atomic mass is 32.2. The van der Waals surface area contributed by atoms with Gasteiger partial charge in [-0.05, 0) is 61.2 Å². The van der Waals surface area contributed by atoms with Crippen molar-refractivity contribution in [3.05, 3.63) is 41.0 Å². The zero-order valence-electron chi connectivity index (χ0n) is 14.5. The first-order valence-electron chi connectivity index (χ1n) is 8.00. The Hall–Kier alpha value is -1.06. The monoisotopic (exact) mass is 399 g/mol. The molecule has 8 heteroatoms. The van der Waals surface area contributed by atoms with Crippen molar-refractivity contribution >= 4 is 46.8 Å². The van der Waals surface area contributed by atoms with Crippen molar-refractivity contribution in [2.45, 2.75) is 29.9 Å². The lowest BCUT2D eigenvalue weighted by atomic mass is 10.4. The molecule has 0 unspecified atom stereocenters. The smallest absolute Gasteiger partial charge is 0.239 e. The molecule has 0 atom stereocenters. The van der Waals surface area contributed by atoms with Crippen LogP contribution in [0.4, 0.5) is 10.1 Å². The summed E-state index contributed by atoms with van der Waals surface area (Å²) in [6, 6.07) is 8.16. The number of carbonyl (C=O) groups excluding carboxylic acids is 1. The molecule has 1 amide bonds. The van der Waals surface area contributed by atoms with E-state index in [0.29, 0.717) is 0 Å². The molecule has 0 aliphatic rings. The maximum Gasteiger partial charge on any atom is 0.239 e. The van der Waals surface area contributed by atoms with Crippen LogP contribution in [0.25, 0.3) is 0 Å². The van der Waals surface area contributed by atoms with Crippen LogP contribution in [0.5, 0.6) is 0 Å². The second kappa shape index (κ2) is 10.2. The number of anilines is 1. The molecule has 4 nitrogen and oxygen atoms in total. The molecule has 25 heavy (non-hydrogen) atoms. The van der Waals surface area contributed by atoms with E-state index in [9.17, 15) is 9.18 Å². The van der Waals surface area contributed by atoms with E-state index in [1.807, 2.05) is 13.0 Å². The van der Waals surface area contributed by atoms with Gasteiger partial charge in [0, 0.05) is 22.9 Å². The predicted octanol–water partition coefficient (Wildman–Crippen LogP) is 4.78. The third-order valence-corrected chi connectivity index (χ3v) is 6.52. The Labute approximate surface area is 160 Å². The second-order valence-electron chi connectivity index (χ2n) is 5.17. The van der Waals surface area contributed by atoms with E-state index in [0.717, 1.165) is 28.5 Å². The van der Waals surface area contributed by atoms with Gasteiger partial charge in [-0.2, -0.15) is 0 Å². The van der Waals surface area contributed by atoms with Gasteiger partial charge in [0.1, 0.15) is 5.82 Å². The van der Waals surface area contributed by atoms with Crippen LogP contribution in [0.15, 0.2) is 39.4 Å². The highest BCUT2D eigenvalue weighted by Gasteiger charge is 2.11. The van der Waals surface area contributed by atoms with Gasteiger partial charge in [0.15, 0.2) is 0 Å². The molecule has 1 aromatic carbocycles. The average molecular weight is 400 g/mol. The van der Waals surface area contributed by atoms with Crippen LogP contribution < -0.4 is 10.0 Å². The maximum atomic E-state index is 12.8. The Bertz CT molecular complexity index is 687. The van der Waals surface area contributed by atoms with Crippen LogP contribution in [-0.2, 0) is 4.79 Å². The van der Waals surface area contributed by atoms with Gasteiger partial charge >= 0.3 is 0 Å². The summed E-state index contributed by atoms with van der Waals surface area (Å²) in [5.41, 5.74) is 0.859. The van der Waals surface area contributed by atoms with Gasteiger partial charge in [-0.3, -0.25) is 9.52 Å². The fourth-order valence-corrected chi connectivity index (χ4v) is 4.85. The number of halogens is 1. The van der Waals surface area contributed by atoms with E-state index < -0.39 is 0 Å². The van der Waals surface area contributed by atoms with Gasteiger partial charge in [0.05, 0.1) is 16.4 Å². The van der Waals surface area contributed by atoms with Crippen LogP contribution in [0.1, 0.15) is 18.7 Å². The molecule has 0 spiro atoms. The number of rotatable bonds is 9. The van der Waals surface area contributed by atoms with Crippen LogP contribution >= 0.6 is 35.2 Å². The van der Waals surface area contributed by atoms with E-state index in [2.05, 4.69) is 28.2 Å². The van der Waals surface area contributed by atoms with E-state index in [4.69, 9.17) is 0 Å². The number of nitrogens with zero attached hydrogens (tertiary/aromatic N) is 1. The first-order valence-corrected chi connectivity index (χ1v) is 10.4. The third kappa shape index (κ3) is 6.63. The van der Waals surface area contributed by atoms with E-state index in [-0.39, 0.29) is 18.3 Å². The van der Waals surface area contributed by atoms with Crippen LogP contribution in [0.2, 0.25) is 0 Å². The summed E-state index contributed by atoms with van der Waals surface area (Å²) in [4.78, 5) is 14.0. The fourth-order valence-electron chi connectivity index (χ4n) is 1.99. The SMILES string of the molecule is CCN(CC)Sc1cc(NC(=O)CNSc2ccc(F)cc2)c(C)s1. The molecule has 0 bridgehead atoms. The molecule has 2 rings (SSSR count). The van der Waals surface area contributed by atoms with Gasteiger partial charge in [-0.25, -0.2) is 8.70 Å². The summed E-state index contributed by atoms with van der Waals surface area (Å²) in [6.07, 6.45) is 0. The highest BCUT2D eigenvalue weighted by Crippen LogP contribution is 2.35. The third-order valence-electron chi connectivity index (χ3n) is 3.33. The minimum absolute atomic E-state index is 0.102. The van der Waals surface area contributed by atoms with Crippen LogP contribution in [0, 0.1) is 12.7 Å². The minimum atomic E-state index is -0.270. The van der Waals surface area contributed by atoms with Gasteiger partial charge < -0.3 is 5.32 Å². The molecule has 0 radical (unpaired) electrons. The first kappa shape index (κ1) is 20.3. The Morgan fingerprint density at radius 1 is 1.24 bits per heavy atom. The van der Waals surface area contributed by atoms with Gasteiger partial charge in [-0.15, -0.1) is 11.3 Å². The summed E-state index contributed by atoms with van der Waals surface area (Å²) in [5, 5.41) is 2.94. The molecule has 2 N–H and O–H groups in total. The topological polar surface area (TPSA) is 44.4 Å². The zero-order valence-corrected chi connectivity index (χ0v) is 16.9. The molecule has 0 aliphatic heterocycles. The van der Waals surface area contributed by atoms with Crippen molar-refractivity contribution < 1.29 is 9.18 Å². The summed E-state index contributed by atoms with van der Waals surface area (Å²) in [7, 11) is 0. The molecule has 136 valence electrons. The molecule has 0 saturated carbocycles. The van der Waals surface area contributed by atoms with Crippen molar-refractivity contribution in [2.75, 3.05) is 25.0 Å². The van der Waals surface area contributed by atoms with Crippen molar-refractivity contribution in [2.24, 2.45) is 0 Å². The summed E-state index contributed by atoms with van der Waals surface area (Å²) >= 11 is 4.71. The van der Waals surface area contributed by atoms with Crippen LogP contribution in [0.3, 0.4) is 0 Å². The molecule has 0 aliphatic carbocycles. The number of nitrogens with one attached hydrogen (secondary N) is 2. The van der Waals surface area contributed by atoms with E-state index in [1.54, 1.807) is 35.4 Å². The predicted molar refractivity (Wildman–Crippen MR) is 107 cm³/mol. The fraction of sp³-hybridized carbons (Fsp3) is 0.353.